The van der Waals surface area contributed by atoms with Crippen LogP contribution in [0.3, 0.4) is 0 Å². The normalized spacial score (nSPS) is 25.7. The van der Waals surface area contributed by atoms with Crippen molar-refractivity contribution in [3.8, 4) is 0 Å². The number of piperidine rings is 1. The fraction of sp³-hybridized carbons (Fsp3) is 0.440. The molecule has 2 aromatic carbocycles. The predicted octanol–water partition coefficient (Wildman–Crippen LogP) is 3.78. The molecular weight excluding hydrogens is 410 g/mol. The fourth-order valence-corrected chi connectivity index (χ4v) is 5.61. The fourth-order valence-electron chi connectivity index (χ4n) is 4.20. The van der Waals surface area contributed by atoms with Crippen molar-refractivity contribution in [2.24, 2.45) is 0 Å². The summed E-state index contributed by atoms with van der Waals surface area (Å²) < 4.78 is 26.1. The van der Waals surface area contributed by atoms with Gasteiger partial charge in [-0.1, -0.05) is 54.4 Å². The van der Waals surface area contributed by atoms with Crippen molar-refractivity contribution in [3.05, 3.63) is 76.7 Å². The summed E-state index contributed by atoms with van der Waals surface area (Å²) in [6.45, 7) is 4.09. The van der Waals surface area contributed by atoms with Gasteiger partial charge in [-0.25, -0.2) is 4.21 Å². The van der Waals surface area contributed by atoms with Gasteiger partial charge in [0.15, 0.2) is 6.29 Å². The lowest BCUT2D eigenvalue weighted by atomic mass is 10.0. The molecule has 0 radical (unpaired) electrons. The van der Waals surface area contributed by atoms with E-state index in [2.05, 4.69) is 4.90 Å². The second-order valence-electron chi connectivity index (χ2n) is 8.21. The van der Waals surface area contributed by atoms with E-state index in [9.17, 15) is 9.32 Å². The first-order chi connectivity index (χ1) is 15.2. The van der Waals surface area contributed by atoms with Gasteiger partial charge < -0.3 is 14.6 Å². The van der Waals surface area contributed by atoms with E-state index in [-0.39, 0.29) is 12.6 Å². The van der Waals surface area contributed by atoms with Crippen LogP contribution in [0.5, 0.6) is 0 Å². The summed E-state index contributed by atoms with van der Waals surface area (Å²) in [5.41, 5.74) is 2.19. The molecule has 166 valence electrons. The third-order valence-corrected chi connectivity index (χ3v) is 7.38. The molecule has 4 atom stereocenters. The highest BCUT2D eigenvalue weighted by molar-refractivity contribution is 7.89. The van der Waals surface area contributed by atoms with E-state index < -0.39 is 23.2 Å². The standard InChI is InChI=1S/C25H31NO4S/c1-19-10-12-22(13-11-19)31(28)23-16-21(17-27)30-25(24(23)26-14-6-3-7-15-26)29-18-20-8-4-2-5-9-20/h2,4-5,8-13,16,21,24-25,27H,3,6-7,14-15,17-18H2,1H3/t21-,24?,25-,31?/m0/s1. The summed E-state index contributed by atoms with van der Waals surface area (Å²) >= 11 is 0. The number of hydrogen-bond donors (Lipinski definition) is 1. The van der Waals surface area contributed by atoms with Gasteiger partial charge in [-0.3, -0.25) is 4.90 Å². The number of ether oxygens (including phenoxy) is 2. The Morgan fingerprint density at radius 1 is 1.06 bits per heavy atom. The average molecular weight is 442 g/mol. The molecule has 5 nitrogen and oxygen atoms in total. The van der Waals surface area contributed by atoms with Gasteiger partial charge >= 0.3 is 0 Å². The van der Waals surface area contributed by atoms with Gasteiger partial charge in [0.1, 0.15) is 6.10 Å². The molecule has 31 heavy (non-hydrogen) atoms. The summed E-state index contributed by atoms with van der Waals surface area (Å²) in [4.78, 5) is 3.87. The van der Waals surface area contributed by atoms with Crippen molar-refractivity contribution in [2.45, 2.75) is 56.1 Å². The Morgan fingerprint density at radius 2 is 1.77 bits per heavy atom. The molecule has 4 rings (SSSR count). The molecule has 2 aliphatic rings. The van der Waals surface area contributed by atoms with Gasteiger partial charge in [-0.15, -0.1) is 0 Å². The second-order valence-corrected chi connectivity index (χ2v) is 9.69. The highest BCUT2D eigenvalue weighted by Crippen LogP contribution is 2.32. The van der Waals surface area contributed by atoms with Gasteiger partial charge in [0, 0.05) is 9.80 Å². The maximum Gasteiger partial charge on any atom is 0.179 e. The van der Waals surface area contributed by atoms with Crippen molar-refractivity contribution >= 4 is 10.8 Å². The van der Waals surface area contributed by atoms with Crippen molar-refractivity contribution in [1.29, 1.82) is 0 Å². The minimum atomic E-state index is -1.35. The van der Waals surface area contributed by atoms with Crippen LogP contribution in [-0.2, 0) is 26.9 Å². The lowest BCUT2D eigenvalue weighted by Gasteiger charge is -2.43. The first kappa shape index (κ1) is 22.4. The lowest BCUT2D eigenvalue weighted by molar-refractivity contribution is -0.205. The summed E-state index contributed by atoms with van der Waals surface area (Å²) in [5.74, 6) is 0. The topological polar surface area (TPSA) is 59.0 Å². The minimum absolute atomic E-state index is 0.174. The maximum absolute atomic E-state index is 13.7. The molecule has 1 N–H and O–H groups in total. The molecule has 0 bridgehead atoms. The van der Waals surface area contributed by atoms with Crippen molar-refractivity contribution in [3.63, 3.8) is 0 Å². The Labute approximate surface area is 187 Å². The molecular formula is C25H31NO4S. The molecule has 2 unspecified atom stereocenters. The lowest BCUT2D eigenvalue weighted by Crippen LogP contribution is -2.53. The molecule has 2 aromatic rings. The van der Waals surface area contributed by atoms with Crippen LogP contribution < -0.4 is 0 Å². The smallest absolute Gasteiger partial charge is 0.179 e. The average Bonchev–Trinajstić information content (AvgIpc) is 2.83. The quantitative estimate of drug-likeness (QED) is 0.709. The van der Waals surface area contributed by atoms with Crippen LogP contribution in [0, 0.1) is 6.92 Å². The summed E-state index contributed by atoms with van der Waals surface area (Å²) in [6, 6.07) is 17.5. The van der Waals surface area contributed by atoms with Gasteiger partial charge in [0.2, 0.25) is 0 Å². The zero-order valence-electron chi connectivity index (χ0n) is 18.0. The largest absolute Gasteiger partial charge is 0.393 e. The molecule has 0 amide bonds. The molecule has 1 saturated heterocycles. The van der Waals surface area contributed by atoms with Crippen LogP contribution in [0.25, 0.3) is 0 Å². The van der Waals surface area contributed by atoms with Crippen LogP contribution in [0.4, 0.5) is 0 Å². The summed E-state index contributed by atoms with van der Waals surface area (Å²) in [5, 5.41) is 9.86. The molecule has 0 aromatic heterocycles. The number of aryl methyl sites for hydroxylation is 1. The van der Waals surface area contributed by atoms with E-state index in [4.69, 9.17) is 9.47 Å². The third-order valence-electron chi connectivity index (χ3n) is 5.88. The van der Waals surface area contributed by atoms with E-state index in [1.807, 2.05) is 67.6 Å². The highest BCUT2D eigenvalue weighted by Gasteiger charge is 2.40. The summed E-state index contributed by atoms with van der Waals surface area (Å²) in [7, 11) is -1.35. The first-order valence-corrected chi connectivity index (χ1v) is 12.2. The first-order valence-electron chi connectivity index (χ1n) is 11.0. The highest BCUT2D eigenvalue weighted by atomic mass is 32.2. The Hall–Kier alpha value is -1.83. The number of rotatable bonds is 7. The van der Waals surface area contributed by atoms with E-state index in [0.717, 1.165) is 46.9 Å². The Morgan fingerprint density at radius 3 is 2.45 bits per heavy atom. The Kier molecular flexibility index (Phi) is 7.69. The molecule has 0 spiro atoms. The van der Waals surface area contributed by atoms with Gasteiger partial charge in [0.05, 0.1) is 30.1 Å². The summed E-state index contributed by atoms with van der Waals surface area (Å²) in [6.07, 6.45) is 4.14. The second kappa shape index (κ2) is 10.7. The zero-order chi connectivity index (χ0) is 21.6. The molecule has 2 aliphatic heterocycles. The van der Waals surface area contributed by atoms with E-state index in [1.165, 1.54) is 6.42 Å². The minimum Gasteiger partial charge on any atom is -0.393 e. The van der Waals surface area contributed by atoms with Gasteiger partial charge in [0.25, 0.3) is 0 Å². The molecule has 0 aliphatic carbocycles. The van der Waals surface area contributed by atoms with Crippen LogP contribution in [0.15, 0.2) is 70.5 Å². The number of benzene rings is 2. The monoisotopic (exact) mass is 441 g/mol. The number of hydrogen-bond acceptors (Lipinski definition) is 5. The molecule has 1 fully saturated rings. The van der Waals surface area contributed by atoms with Crippen molar-refractivity contribution in [2.75, 3.05) is 19.7 Å². The SMILES string of the molecule is Cc1ccc(S(=O)C2=C[C@@H](CO)O[C@H](OCc3ccccc3)C2N2CCCCC2)cc1. The third kappa shape index (κ3) is 5.51. The maximum atomic E-state index is 13.7. The van der Waals surface area contributed by atoms with Gasteiger partial charge in [-0.05, 0) is 56.6 Å². The Balaban J connectivity index is 1.64. The zero-order valence-corrected chi connectivity index (χ0v) is 18.8. The van der Waals surface area contributed by atoms with E-state index >= 15 is 0 Å². The molecule has 6 heteroatoms. The van der Waals surface area contributed by atoms with Crippen LogP contribution >= 0.6 is 0 Å². The van der Waals surface area contributed by atoms with E-state index in [0.29, 0.717) is 6.61 Å². The number of nitrogens with zero attached hydrogens (tertiary/aromatic N) is 1. The van der Waals surface area contributed by atoms with Crippen LogP contribution in [-0.4, -0.2) is 52.3 Å². The molecule has 0 saturated carbocycles. The van der Waals surface area contributed by atoms with Crippen LogP contribution in [0.2, 0.25) is 0 Å². The molecule has 2 heterocycles. The number of aliphatic hydroxyl groups is 1. The number of aliphatic hydroxyl groups excluding tert-OH is 1. The van der Waals surface area contributed by atoms with Crippen molar-refractivity contribution in [1.82, 2.24) is 4.90 Å². The van der Waals surface area contributed by atoms with Crippen LogP contribution in [0.1, 0.15) is 30.4 Å². The number of likely N-dealkylation sites (tertiary alicyclic amines) is 1. The predicted molar refractivity (Wildman–Crippen MR) is 122 cm³/mol. The van der Waals surface area contributed by atoms with E-state index in [1.54, 1.807) is 0 Å². The van der Waals surface area contributed by atoms with Crippen molar-refractivity contribution < 1.29 is 18.8 Å². The van der Waals surface area contributed by atoms with Gasteiger partial charge in [-0.2, -0.15) is 0 Å². The Bertz CT molecular complexity index is 893.